The van der Waals surface area contributed by atoms with Crippen molar-refractivity contribution in [1.29, 1.82) is 5.26 Å². The smallest absolute Gasteiger partial charge is 0.192 e. The first-order chi connectivity index (χ1) is 16.6. The number of hydrogen-bond acceptors (Lipinski definition) is 6. The standard InChI is InChI=1S/C25H23ClN6OS/c1-15(22(33)18(14-27)23-28-20-12-6-7-13-21(20)29-23)34-25-31-30-24(17-10-4-5-11-19(17)26)32(25)16-8-2-3-9-16/h4-7,10-13,15-16,33H,2-3,8-9H2,1H3,(H,28,29)/b22-18-. The molecule has 2 heterocycles. The number of aliphatic hydroxyl groups is 1. The van der Waals surface area contributed by atoms with Crippen molar-refractivity contribution in [3.05, 3.63) is 65.1 Å². The van der Waals surface area contributed by atoms with Crippen molar-refractivity contribution in [2.75, 3.05) is 0 Å². The number of rotatable bonds is 6. The number of para-hydroxylation sites is 2. The van der Waals surface area contributed by atoms with Gasteiger partial charge in [-0.1, -0.05) is 60.5 Å². The van der Waals surface area contributed by atoms with E-state index in [9.17, 15) is 10.4 Å². The molecule has 5 rings (SSSR count). The van der Waals surface area contributed by atoms with Crippen LogP contribution in [-0.2, 0) is 0 Å². The van der Waals surface area contributed by atoms with E-state index < -0.39 is 5.25 Å². The number of H-pyrrole nitrogens is 1. The highest BCUT2D eigenvalue weighted by Crippen LogP contribution is 2.40. The van der Waals surface area contributed by atoms with Crippen LogP contribution in [0, 0.1) is 11.3 Å². The quantitative estimate of drug-likeness (QED) is 0.180. The second-order valence-corrected chi connectivity index (χ2v) is 10.0. The van der Waals surface area contributed by atoms with E-state index in [1.165, 1.54) is 11.8 Å². The molecule has 2 aromatic carbocycles. The number of nitriles is 1. The Morgan fingerprint density at radius 3 is 2.65 bits per heavy atom. The molecule has 0 saturated heterocycles. The zero-order chi connectivity index (χ0) is 23.7. The molecule has 1 atom stereocenters. The Hall–Kier alpha value is -3.28. The number of aromatic amines is 1. The van der Waals surface area contributed by atoms with Crippen LogP contribution in [0.1, 0.15) is 44.5 Å². The largest absolute Gasteiger partial charge is 0.510 e. The van der Waals surface area contributed by atoms with E-state index in [0.717, 1.165) is 48.1 Å². The van der Waals surface area contributed by atoms with Crippen molar-refractivity contribution >= 4 is 40.0 Å². The summed E-state index contributed by atoms with van der Waals surface area (Å²) in [7, 11) is 0. The fourth-order valence-electron chi connectivity index (χ4n) is 4.40. The second-order valence-electron chi connectivity index (χ2n) is 8.33. The number of aromatic nitrogens is 5. The molecule has 7 nitrogen and oxygen atoms in total. The summed E-state index contributed by atoms with van der Waals surface area (Å²) in [6.45, 7) is 1.85. The summed E-state index contributed by atoms with van der Waals surface area (Å²) >= 11 is 7.86. The van der Waals surface area contributed by atoms with Gasteiger partial charge in [0.1, 0.15) is 17.4 Å². The van der Waals surface area contributed by atoms with Crippen LogP contribution >= 0.6 is 23.4 Å². The Kier molecular flexibility index (Phi) is 6.31. The first-order valence-electron chi connectivity index (χ1n) is 11.2. The average molecular weight is 491 g/mol. The lowest BCUT2D eigenvalue weighted by molar-refractivity contribution is 0.401. The molecule has 0 radical (unpaired) electrons. The normalized spacial score (nSPS) is 15.9. The Bertz CT molecular complexity index is 1380. The van der Waals surface area contributed by atoms with Crippen molar-refractivity contribution in [3.8, 4) is 17.5 Å². The maximum atomic E-state index is 11.0. The molecule has 4 aromatic rings. The van der Waals surface area contributed by atoms with Crippen LogP contribution in [0.3, 0.4) is 0 Å². The number of benzene rings is 2. The van der Waals surface area contributed by atoms with Gasteiger partial charge in [0.2, 0.25) is 0 Å². The molecule has 1 aliphatic rings. The van der Waals surface area contributed by atoms with Crippen molar-refractivity contribution in [1.82, 2.24) is 24.7 Å². The summed E-state index contributed by atoms with van der Waals surface area (Å²) < 4.78 is 2.15. The molecule has 9 heteroatoms. The zero-order valence-electron chi connectivity index (χ0n) is 18.6. The van der Waals surface area contributed by atoms with Crippen molar-refractivity contribution in [2.24, 2.45) is 0 Å². The van der Waals surface area contributed by atoms with E-state index in [1.54, 1.807) is 0 Å². The molecule has 1 unspecified atom stereocenters. The lowest BCUT2D eigenvalue weighted by Crippen LogP contribution is -2.11. The first kappa shape index (κ1) is 22.5. The molecule has 1 fully saturated rings. The molecule has 172 valence electrons. The molecular formula is C25H23ClN6OS. The predicted octanol–water partition coefficient (Wildman–Crippen LogP) is 6.56. The second kappa shape index (κ2) is 9.53. The summed E-state index contributed by atoms with van der Waals surface area (Å²) in [4.78, 5) is 7.60. The van der Waals surface area contributed by atoms with E-state index in [1.807, 2.05) is 55.5 Å². The molecule has 2 aromatic heterocycles. The molecule has 0 amide bonds. The van der Waals surface area contributed by atoms with Gasteiger partial charge in [-0.3, -0.25) is 4.57 Å². The van der Waals surface area contributed by atoms with E-state index in [0.29, 0.717) is 16.0 Å². The van der Waals surface area contributed by atoms with Gasteiger partial charge in [-0.2, -0.15) is 5.26 Å². The van der Waals surface area contributed by atoms with Crippen LogP contribution < -0.4 is 0 Å². The van der Waals surface area contributed by atoms with Crippen LogP contribution in [0.15, 0.2) is 59.4 Å². The third-order valence-electron chi connectivity index (χ3n) is 6.13. The minimum Gasteiger partial charge on any atom is -0.510 e. The molecule has 1 aliphatic carbocycles. The highest BCUT2D eigenvalue weighted by molar-refractivity contribution is 7.99. The Morgan fingerprint density at radius 1 is 1.18 bits per heavy atom. The van der Waals surface area contributed by atoms with E-state index in [2.05, 4.69) is 30.8 Å². The molecule has 0 aliphatic heterocycles. The van der Waals surface area contributed by atoms with Crippen LogP contribution in [0.25, 0.3) is 28.0 Å². The number of halogens is 1. The van der Waals surface area contributed by atoms with Crippen LogP contribution in [0.2, 0.25) is 5.02 Å². The third-order valence-corrected chi connectivity index (χ3v) is 7.53. The number of allylic oxidation sites excluding steroid dienone is 1. The van der Waals surface area contributed by atoms with Crippen molar-refractivity contribution in [3.63, 3.8) is 0 Å². The minimum atomic E-state index is -0.439. The molecular weight excluding hydrogens is 468 g/mol. The first-order valence-corrected chi connectivity index (χ1v) is 12.5. The molecule has 0 spiro atoms. The summed E-state index contributed by atoms with van der Waals surface area (Å²) in [6, 6.07) is 17.5. The number of fused-ring (bicyclic) bond motifs is 1. The SMILES string of the molecule is CC(Sc1nnc(-c2ccccc2Cl)n1C1CCCC1)/C(O)=C(\C#N)c1nc2ccccc2[nH]1. The molecule has 34 heavy (non-hydrogen) atoms. The number of aliphatic hydroxyl groups excluding tert-OH is 1. The van der Waals surface area contributed by atoms with E-state index in [4.69, 9.17) is 11.6 Å². The van der Waals surface area contributed by atoms with Gasteiger partial charge in [-0.25, -0.2) is 4.98 Å². The Morgan fingerprint density at radius 2 is 1.91 bits per heavy atom. The fraction of sp³-hybridized carbons (Fsp3) is 0.280. The molecule has 1 saturated carbocycles. The molecule has 2 N–H and O–H groups in total. The fourth-order valence-corrected chi connectivity index (χ4v) is 5.60. The van der Waals surface area contributed by atoms with Gasteiger partial charge in [0.05, 0.1) is 21.3 Å². The number of thioether (sulfide) groups is 1. The van der Waals surface area contributed by atoms with Crippen LogP contribution in [0.4, 0.5) is 0 Å². The van der Waals surface area contributed by atoms with Gasteiger partial charge < -0.3 is 10.1 Å². The van der Waals surface area contributed by atoms with Crippen LogP contribution in [0.5, 0.6) is 0 Å². The number of hydrogen-bond donors (Lipinski definition) is 2. The topological polar surface area (TPSA) is 103 Å². The lowest BCUT2D eigenvalue weighted by Gasteiger charge is -2.19. The summed E-state index contributed by atoms with van der Waals surface area (Å²) in [5.41, 5.74) is 2.50. The van der Waals surface area contributed by atoms with E-state index >= 15 is 0 Å². The lowest BCUT2D eigenvalue weighted by atomic mass is 10.2. The van der Waals surface area contributed by atoms with Gasteiger partial charge in [-0.15, -0.1) is 10.2 Å². The van der Waals surface area contributed by atoms with Gasteiger partial charge in [0, 0.05) is 11.6 Å². The summed E-state index contributed by atoms with van der Waals surface area (Å²) in [6.07, 6.45) is 4.39. The summed E-state index contributed by atoms with van der Waals surface area (Å²) in [5.74, 6) is 1.03. The predicted molar refractivity (Wildman–Crippen MR) is 135 cm³/mol. The van der Waals surface area contributed by atoms with E-state index in [-0.39, 0.29) is 17.4 Å². The highest BCUT2D eigenvalue weighted by Gasteiger charge is 2.28. The summed E-state index contributed by atoms with van der Waals surface area (Å²) in [5, 5.41) is 30.7. The average Bonchev–Trinajstić information content (AvgIpc) is 3.59. The maximum Gasteiger partial charge on any atom is 0.192 e. The maximum absolute atomic E-state index is 11.0. The third kappa shape index (κ3) is 4.17. The highest BCUT2D eigenvalue weighted by atomic mass is 35.5. The van der Waals surface area contributed by atoms with Crippen LogP contribution in [-0.4, -0.2) is 35.1 Å². The Balaban J connectivity index is 1.51. The van der Waals surface area contributed by atoms with Gasteiger partial charge in [-0.05, 0) is 44.0 Å². The van der Waals surface area contributed by atoms with Gasteiger partial charge >= 0.3 is 0 Å². The van der Waals surface area contributed by atoms with Crippen molar-refractivity contribution in [2.45, 2.75) is 49.1 Å². The number of nitrogens with zero attached hydrogens (tertiary/aromatic N) is 5. The minimum absolute atomic E-state index is 0.0492. The molecule has 0 bridgehead atoms. The van der Waals surface area contributed by atoms with Gasteiger partial charge in [0.25, 0.3) is 0 Å². The van der Waals surface area contributed by atoms with Gasteiger partial charge in [0.15, 0.2) is 16.8 Å². The number of imidazole rings is 1. The monoisotopic (exact) mass is 490 g/mol. The van der Waals surface area contributed by atoms with Crippen molar-refractivity contribution < 1.29 is 5.11 Å². The Labute approximate surface area is 206 Å². The number of nitrogens with one attached hydrogen (secondary N) is 1. The zero-order valence-corrected chi connectivity index (χ0v) is 20.1.